The van der Waals surface area contributed by atoms with E-state index in [0.717, 1.165) is 29.9 Å². The molecule has 0 aliphatic heterocycles. The minimum absolute atomic E-state index is 0.178. The van der Waals surface area contributed by atoms with Crippen LogP contribution < -0.4 is 10.6 Å². The van der Waals surface area contributed by atoms with E-state index in [-0.39, 0.29) is 5.82 Å². The summed E-state index contributed by atoms with van der Waals surface area (Å²) in [6, 6.07) is 14.5. The summed E-state index contributed by atoms with van der Waals surface area (Å²) in [5, 5.41) is 0. The maximum Gasteiger partial charge on any atom is 0.123 e. The highest BCUT2D eigenvalue weighted by molar-refractivity contribution is 5.52. The largest absolute Gasteiger partial charge is 0.399 e. The summed E-state index contributed by atoms with van der Waals surface area (Å²) in [5.74, 6) is -0.178. The standard InChI is InChI=1S/C15H17FN2/c1-18(15-7-5-14(17)6-8-15)10-9-12-3-2-4-13(16)11-12/h2-8,11H,9-10,17H2,1H3. The Balaban J connectivity index is 1.96. The number of nitrogens with two attached hydrogens (primary N) is 1. The molecule has 0 saturated carbocycles. The SMILES string of the molecule is CN(CCc1cccc(F)c1)c1ccc(N)cc1. The number of hydrogen-bond acceptors (Lipinski definition) is 2. The number of anilines is 2. The molecule has 0 aliphatic rings. The molecule has 3 heteroatoms. The van der Waals surface area contributed by atoms with Crippen molar-refractivity contribution in [3.8, 4) is 0 Å². The average molecular weight is 244 g/mol. The molecule has 18 heavy (non-hydrogen) atoms. The van der Waals surface area contributed by atoms with Crippen molar-refractivity contribution in [1.29, 1.82) is 0 Å². The van der Waals surface area contributed by atoms with Crippen LogP contribution in [0.5, 0.6) is 0 Å². The Morgan fingerprint density at radius 3 is 2.50 bits per heavy atom. The second-order valence-electron chi connectivity index (χ2n) is 4.39. The first-order valence-corrected chi connectivity index (χ1v) is 5.96. The molecule has 0 spiro atoms. The monoisotopic (exact) mass is 244 g/mol. The fraction of sp³-hybridized carbons (Fsp3) is 0.200. The normalized spacial score (nSPS) is 10.3. The van der Waals surface area contributed by atoms with Gasteiger partial charge in [0, 0.05) is 25.0 Å². The molecule has 94 valence electrons. The predicted molar refractivity (Wildman–Crippen MR) is 74.2 cm³/mol. The average Bonchev–Trinajstić information content (AvgIpc) is 2.37. The second kappa shape index (κ2) is 5.54. The van der Waals surface area contributed by atoms with Gasteiger partial charge in [0.1, 0.15) is 5.82 Å². The van der Waals surface area contributed by atoms with Crippen LogP contribution in [-0.2, 0) is 6.42 Å². The van der Waals surface area contributed by atoms with E-state index < -0.39 is 0 Å². The van der Waals surface area contributed by atoms with Gasteiger partial charge in [0.25, 0.3) is 0 Å². The Bertz CT molecular complexity index is 508. The second-order valence-corrected chi connectivity index (χ2v) is 4.39. The molecule has 0 aromatic heterocycles. The van der Waals surface area contributed by atoms with Gasteiger partial charge in [-0.3, -0.25) is 0 Å². The zero-order valence-corrected chi connectivity index (χ0v) is 10.4. The lowest BCUT2D eigenvalue weighted by Gasteiger charge is -2.19. The Morgan fingerprint density at radius 1 is 1.11 bits per heavy atom. The van der Waals surface area contributed by atoms with E-state index in [1.165, 1.54) is 6.07 Å². The van der Waals surface area contributed by atoms with Gasteiger partial charge in [0.15, 0.2) is 0 Å². The maximum atomic E-state index is 13.0. The number of nitrogens with zero attached hydrogens (tertiary/aromatic N) is 1. The van der Waals surface area contributed by atoms with E-state index in [9.17, 15) is 4.39 Å². The van der Waals surface area contributed by atoms with Crippen molar-refractivity contribution in [3.05, 3.63) is 59.9 Å². The van der Waals surface area contributed by atoms with Gasteiger partial charge in [-0.2, -0.15) is 0 Å². The third kappa shape index (κ3) is 3.23. The first kappa shape index (κ1) is 12.4. The van der Waals surface area contributed by atoms with Crippen molar-refractivity contribution >= 4 is 11.4 Å². The van der Waals surface area contributed by atoms with Gasteiger partial charge in [-0.15, -0.1) is 0 Å². The van der Waals surface area contributed by atoms with Crippen LogP contribution in [0.15, 0.2) is 48.5 Å². The molecule has 0 bridgehead atoms. The molecule has 0 aliphatic carbocycles. The fourth-order valence-corrected chi connectivity index (χ4v) is 1.85. The quantitative estimate of drug-likeness (QED) is 0.837. The number of nitrogen functional groups attached to an aromatic ring is 1. The van der Waals surface area contributed by atoms with Crippen LogP contribution in [0.1, 0.15) is 5.56 Å². The van der Waals surface area contributed by atoms with E-state index in [4.69, 9.17) is 5.73 Å². The Kier molecular flexibility index (Phi) is 3.82. The molecular weight excluding hydrogens is 227 g/mol. The molecule has 2 nitrogen and oxygen atoms in total. The molecule has 0 saturated heterocycles. The molecule has 2 aromatic rings. The van der Waals surface area contributed by atoms with Crippen molar-refractivity contribution in [1.82, 2.24) is 0 Å². The van der Waals surface area contributed by atoms with E-state index in [2.05, 4.69) is 4.90 Å². The molecular formula is C15H17FN2. The lowest BCUT2D eigenvalue weighted by molar-refractivity contribution is 0.625. The molecule has 2 N–H and O–H groups in total. The van der Waals surface area contributed by atoms with Crippen LogP contribution in [0.2, 0.25) is 0 Å². The molecule has 0 atom stereocenters. The smallest absolute Gasteiger partial charge is 0.123 e. The number of rotatable bonds is 4. The van der Waals surface area contributed by atoms with E-state index >= 15 is 0 Å². The Hall–Kier alpha value is -2.03. The van der Waals surface area contributed by atoms with E-state index in [1.54, 1.807) is 12.1 Å². The molecule has 0 unspecified atom stereocenters. The van der Waals surface area contributed by atoms with Crippen molar-refractivity contribution in [2.24, 2.45) is 0 Å². The first-order valence-electron chi connectivity index (χ1n) is 5.96. The minimum atomic E-state index is -0.178. The molecule has 0 radical (unpaired) electrons. The van der Waals surface area contributed by atoms with Crippen molar-refractivity contribution in [2.75, 3.05) is 24.2 Å². The maximum absolute atomic E-state index is 13.0. The molecule has 0 heterocycles. The zero-order valence-electron chi connectivity index (χ0n) is 10.4. The summed E-state index contributed by atoms with van der Waals surface area (Å²) in [6.45, 7) is 0.841. The highest BCUT2D eigenvalue weighted by Gasteiger charge is 2.01. The van der Waals surface area contributed by atoms with Crippen LogP contribution in [0.4, 0.5) is 15.8 Å². The molecule has 2 aromatic carbocycles. The van der Waals surface area contributed by atoms with Gasteiger partial charge in [0.2, 0.25) is 0 Å². The van der Waals surface area contributed by atoms with Gasteiger partial charge in [-0.25, -0.2) is 4.39 Å². The fourth-order valence-electron chi connectivity index (χ4n) is 1.85. The lowest BCUT2D eigenvalue weighted by Crippen LogP contribution is -2.20. The van der Waals surface area contributed by atoms with Crippen molar-refractivity contribution in [2.45, 2.75) is 6.42 Å². The Morgan fingerprint density at radius 2 is 1.83 bits per heavy atom. The summed E-state index contributed by atoms with van der Waals surface area (Å²) in [7, 11) is 2.02. The van der Waals surface area contributed by atoms with Gasteiger partial charge < -0.3 is 10.6 Å². The van der Waals surface area contributed by atoms with Gasteiger partial charge in [-0.1, -0.05) is 12.1 Å². The minimum Gasteiger partial charge on any atom is -0.399 e. The summed E-state index contributed by atoms with van der Waals surface area (Å²) >= 11 is 0. The molecule has 0 fully saturated rings. The van der Waals surface area contributed by atoms with Crippen LogP contribution in [-0.4, -0.2) is 13.6 Å². The van der Waals surface area contributed by atoms with Crippen LogP contribution in [0, 0.1) is 5.82 Å². The predicted octanol–water partition coefficient (Wildman–Crippen LogP) is 3.09. The summed E-state index contributed by atoms with van der Waals surface area (Å²) in [6.07, 6.45) is 0.818. The van der Waals surface area contributed by atoms with Gasteiger partial charge in [-0.05, 0) is 48.4 Å². The number of likely N-dealkylation sites (N-methyl/N-ethyl adjacent to an activating group) is 1. The Labute approximate surface area is 107 Å². The highest BCUT2D eigenvalue weighted by Crippen LogP contribution is 2.15. The number of hydrogen-bond donors (Lipinski definition) is 1. The zero-order chi connectivity index (χ0) is 13.0. The number of benzene rings is 2. The highest BCUT2D eigenvalue weighted by atomic mass is 19.1. The summed E-state index contributed by atoms with van der Waals surface area (Å²) in [4.78, 5) is 2.13. The molecule has 2 rings (SSSR count). The van der Waals surface area contributed by atoms with Crippen molar-refractivity contribution in [3.63, 3.8) is 0 Å². The van der Waals surface area contributed by atoms with Crippen molar-refractivity contribution < 1.29 is 4.39 Å². The third-order valence-corrected chi connectivity index (χ3v) is 2.96. The van der Waals surface area contributed by atoms with Gasteiger partial charge in [0.05, 0.1) is 0 Å². The summed E-state index contributed by atoms with van der Waals surface area (Å²) in [5.41, 5.74) is 8.53. The van der Waals surface area contributed by atoms with E-state index in [0.29, 0.717) is 0 Å². The molecule has 0 amide bonds. The third-order valence-electron chi connectivity index (χ3n) is 2.96. The van der Waals surface area contributed by atoms with Crippen LogP contribution >= 0.6 is 0 Å². The van der Waals surface area contributed by atoms with Crippen LogP contribution in [0.3, 0.4) is 0 Å². The summed E-state index contributed by atoms with van der Waals surface area (Å²) < 4.78 is 13.0. The van der Waals surface area contributed by atoms with Gasteiger partial charge >= 0.3 is 0 Å². The van der Waals surface area contributed by atoms with E-state index in [1.807, 2.05) is 37.4 Å². The van der Waals surface area contributed by atoms with Crippen LogP contribution in [0.25, 0.3) is 0 Å². The number of halogens is 1. The first-order chi connectivity index (χ1) is 8.65. The lowest BCUT2D eigenvalue weighted by atomic mass is 10.1. The topological polar surface area (TPSA) is 29.3 Å².